The van der Waals surface area contributed by atoms with Gasteiger partial charge in [0.2, 0.25) is 0 Å². The summed E-state index contributed by atoms with van der Waals surface area (Å²) in [5.41, 5.74) is 1.10. The van der Waals surface area contributed by atoms with Crippen LogP contribution >= 0.6 is 0 Å². The Bertz CT molecular complexity index is 544. The number of nitrogens with zero attached hydrogens (tertiary/aromatic N) is 1. The van der Waals surface area contributed by atoms with Crippen molar-refractivity contribution in [1.29, 1.82) is 5.26 Å². The van der Waals surface area contributed by atoms with Gasteiger partial charge >= 0.3 is 7.12 Å². The molecule has 2 rings (SSSR count). The molecule has 0 radical (unpaired) electrons. The van der Waals surface area contributed by atoms with Crippen molar-refractivity contribution in [2.45, 2.75) is 58.6 Å². The third-order valence-electron chi connectivity index (χ3n) is 4.68. The molecule has 112 valence electrons. The van der Waals surface area contributed by atoms with Gasteiger partial charge in [0.25, 0.3) is 0 Å². The molecule has 1 aliphatic heterocycles. The fourth-order valence-corrected chi connectivity index (χ4v) is 2.71. The number of hydrogen-bond acceptors (Lipinski definition) is 3. The van der Waals surface area contributed by atoms with E-state index in [9.17, 15) is 0 Å². The predicted octanol–water partition coefficient (Wildman–Crippen LogP) is 3.93. The van der Waals surface area contributed by atoms with Crippen molar-refractivity contribution in [3.63, 3.8) is 0 Å². The smallest absolute Gasteiger partial charge is 0.403 e. The highest BCUT2D eigenvalue weighted by molar-refractivity contribution is 6.47. The summed E-state index contributed by atoms with van der Waals surface area (Å²) in [6, 6.07) is 9.94. The zero-order valence-corrected chi connectivity index (χ0v) is 13.8. The molecule has 1 atom stereocenters. The number of benzene rings is 1. The molecule has 1 aromatic carbocycles. The maximum Gasteiger partial charge on any atom is 0.466 e. The summed E-state index contributed by atoms with van der Waals surface area (Å²) in [7, 11) is -0.288. The van der Waals surface area contributed by atoms with Crippen LogP contribution in [0.3, 0.4) is 0 Å². The van der Waals surface area contributed by atoms with Crippen molar-refractivity contribution in [1.82, 2.24) is 0 Å². The van der Waals surface area contributed by atoms with E-state index in [1.165, 1.54) is 0 Å². The molecule has 3 nitrogen and oxygen atoms in total. The van der Waals surface area contributed by atoms with Crippen molar-refractivity contribution in [3.8, 4) is 6.07 Å². The number of hydrogen-bond donors (Lipinski definition) is 0. The average Bonchev–Trinajstić information content (AvgIpc) is 2.58. The van der Waals surface area contributed by atoms with Gasteiger partial charge in [-0.05, 0) is 51.3 Å². The summed E-state index contributed by atoms with van der Waals surface area (Å²) < 4.78 is 12.4. The van der Waals surface area contributed by atoms with Crippen LogP contribution in [0.5, 0.6) is 0 Å². The molecule has 0 bridgehead atoms. The second-order valence-electron chi connectivity index (χ2n) is 7.13. The van der Waals surface area contributed by atoms with E-state index in [2.05, 4.69) is 53.7 Å². The van der Waals surface area contributed by atoms with E-state index >= 15 is 0 Å². The molecule has 1 saturated heterocycles. The Morgan fingerprint density at radius 3 is 2.14 bits per heavy atom. The Labute approximate surface area is 128 Å². The van der Waals surface area contributed by atoms with Gasteiger partial charge in [-0.15, -0.1) is 0 Å². The Balaban J connectivity index is 2.35. The van der Waals surface area contributed by atoms with Gasteiger partial charge < -0.3 is 9.31 Å². The molecule has 0 amide bonds. The largest absolute Gasteiger partial charge is 0.466 e. The standard InChI is InChI=1S/C17H24BNO2/c1-12(2)15(14-9-7-8-13(10-14)11-19)18-20-16(3,4)17(5,6)21-18/h7-10,12,15H,1-6H3. The van der Waals surface area contributed by atoms with E-state index < -0.39 is 0 Å². The maximum absolute atomic E-state index is 9.10. The lowest BCUT2D eigenvalue weighted by Crippen LogP contribution is -2.41. The van der Waals surface area contributed by atoms with Crippen LogP contribution in [0.1, 0.15) is 58.5 Å². The van der Waals surface area contributed by atoms with E-state index in [1.54, 1.807) is 0 Å². The quantitative estimate of drug-likeness (QED) is 0.790. The normalized spacial score (nSPS) is 21.3. The lowest BCUT2D eigenvalue weighted by atomic mass is 9.62. The first-order chi connectivity index (χ1) is 9.68. The monoisotopic (exact) mass is 285 g/mol. The summed E-state index contributed by atoms with van der Waals surface area (Å²) in [5, 5.41) is 9.10. The van der Waals surface area contributed by atoms with Crippen molar-refractivity contribution < 1.29 is 9.31 Å². The summed E-state index contributed by atoms with van der Waals surface area (Å²) in [5.74, 6) is 0.466. The van der Waals surface area contributed by atoms with Gasteiger partial charge in [-0.2, -0.15) is 5.26 Å². The van der Waals surface area contributed by atoms with Crippen LogP contribution < -0.4 is 0 Å². The molecule has 0 aromatic heterocycles. The molecule has 1 aromatic rings. The molecule has 1 aliphatic rings. The Hall–Kier alpha value is -1.31. The SMILES string of the molecule is CC(C)C(B1OC(C)(C)C(C)(C)O1)c1cccc(C#N)c1. The highest BCUT2D eigenvalue weighted by atomic mass is 16.7. The lowest BCUT2D eigenvalue weighted by molar-refractivity contribution is 0.00578. The Morgan fingerprint density at radius 1 is 1.10 bits per heavy atom. The first kappa shape index (κ1) is 16.1. The number of rotatable bonds is 3. The molecule has 21 heavy (non-hydrogen) atoms. The minimum absolute atomic E-state index is 0.111. The molecule has 4 heteroatoms. The predicted molar refractivity (Wildman–Crippen MR) is 84.8 cm³/mol. The third kappa shape index (κ3) is 3.00. The van der Waals surface area contributed by atoms with E-state index in [0.717, 1.165) is 5.56 Å². The van der Waals surface area contributed by atoms with Crippen LogP contribution in [-0.4, -0.2) is 18.3 Å². The zero-order chi connectivity index (χ0) is 15.8. The van der Waals surface area contributed by atoms with Gasteiger partial charge in [0, 0.05) is 5.82 Å². The minimum Gasteiger partial charge on any atom is -0.403 e. The zero-order valence-electron chi connectivity index (χ0n) is 13.8. The molecule has 0 aliphatic carbocycles. The molecule has 0 saturated carbocycles. The highest BCUT2D eigenvalue weighted by Gasteiger charge is 2.54. The molecule has 0 N–H and O–H groups in total. The van der Waals surface area contributed by atoms with E-state index in [0.29, 0.717) is 11.5 Å². The van der Waals surface area contributed by atoms with Crippen LogP contribution in [0.15, 0.2) is 24.3 Å². The first-order valence-corrected chi connectivity index (χ1v) is 7.53. The van der Waals surface area contributed by atoms with E-state index in [-0.39, 0.29) is 24.1 Å². The minimum atomic E-state index is -0.336. The van der Waals surface area contributed by atoms with Crippen LogP contribution in [0, 0.1) is 17.2 Å². The van der Waals surface area contributed by atoms with Gasteiger partial charge in [0.1, 0.15) is 0 Å². The molecule has 0 spiro atoms. The molecule has 1 heterocycles. The van der Waals surface area contributed by atoms with Crippen molar-refractivity contribution >= 4 is 7.12 Å². The second kappa shape index (κ2) is 5.48. The van der Waals surface area contributed by atoms with Gasteiger partial charge in [0.15, 0.2) is 0 Å². The van der Waals surface area contributed by atoms with Crippen molar-refractivity contribution in [2.75, 3.05) is 0 Å². The van der Waals surface area contributed by atoms with Crippen LogP contribution in [0.25, 0.3) is 0 Å². The van der Waals surface area contributed by atoms with Crippen molar-refractivity contribution in [3.05, 3.63) is 35.4 Å². The van der Waals surface area contributed by atoms with Crippen LogP contribution in [0.2, 0.25) is 0 Å². The van der Waals surface area contributed by atoms with E-state index in [4.69, 9.17) is 14.6 Å². The summed E-state index contributed by atoms with van der Waals surface area (Å²) >= 11 is 0. The average molecular weight is 285 g/mol. The second-order valence-corrected chi connectivity index (χ2v) is 7.13. The topological polar surface area (TPSA) is 42.2 Å². The summed E-state index contributed by atoms with van der Waals surface area (Å²) in [4.78, 5) is 0. The molecule has 1 unspecified atom stereocenters. The summed E-state index contributed by atoms with van der Waals surface area (Å²) in [6.45, 7) is 12.6. The summed E-state index contributed by atoms with van der Waals surface area (Å²) in [6.07, 6.45) is 0. The highest BCUT2D eigenvalue weighted by Crippen LogP contribution is 2.42. The maximum atomic E-state index is 9.10. The first-order valence-electron chi connectivity index (χ1n) is 7.53. The van der Waals surface area contributed by atoms with Gasteiger partial charge in [-0.25, -0.2) is 0 Å². The fourth-order valence-electron chi connectivity index (χ4n) is 2.71. The molecular formula is C17H24BNO2. The Kier molecular flexibility index (Phi) is 4.19. The number of nitriles is 1. The van der Waals surface area contributed by atoms with Crippen LogP contribution in [-0.2, 0) is 9.31 Å². The molecular weight excluding hydrogens is 261 g/mol. The van der Waals surface area contributed by atoms with Crippen LogP contribution in [0.4, 0.5) is 0 Å². The van der Waals surface area contributed by atoms with Crippen molar-refractivity contribution in [2.24, 2.45) is 5.92 Å². The third-order valence-corrected chi connectivity index (χ3v) is 4.68. The van der Waals surface area contributed by atoms with Gasteiger partial charge in [-0.3, -0.25) is 0 Å². The fraction of sp³-hybridized carbons (Fsp3) is 0.588. The lowest BCUT2D eigenvalue weighted by Gasteiger charge is -2.32. The Morgan fingerprint density at radius 2 is 1.67 bits per heavy atom. The van der Waals surface area contributed by atoms with Gasteiger partial charge in [-0.1, -0.05) is 26.0 Å². The van der Waals surface area contributed by atoms with E-state index in [1.807, 2.05) is 18.2 Å². The molecule has 1 fully saturated rings. The van der Waals surface area contributed by atoms with Gasteiger partial charge in [0.05, 0.1) is 22.8 Å².